The Balaban J connectivity index is 2.37. The van der Waals surface area contributed by atoms with Crippen molar-refractivity contribution in [2.24, 2.45) is 0 Å². The fraction of sp³-hybridized carbons (Fsp3) is 0.364. The first-order valence-corrected chi connectivity index (χ1v) is 5.55. The van der Waals surface area contributed by atoms with Crippen molar-refractivity contribution in [3.05, 3.63) is 22.6 Å². The molecule has 1 amide bonds. The first kappa shape index (κ1) is 12.8. The summed E-state index contributed by atoms with van der Waals surface area (Å²) < 4.78 is 5.96. The lowest BCUT2D eigenvalue weighted by Crippen LogP contribution is -2.35. The first-order valence-electron chi connectivity index (χ1n) is 4.76. The van der Waals surface area contributed by atoms with Gasteiger partial charge in [-0.1, -0.05) is 5.92 Å². The van der Waals surface area contributed by atoms with Gasteiger partial charge < -0.3 is 9.32 Å². The van der Waals surface area contributed by atoms with Gasteiger partial charge in [-0.05, 0) is 28.1 Å². The van der Waals surface area contributed by atoms with E-state index in [1.807, 2.05) is 6.07 Å². The van der Waals surface area contributed by atoms with Crippen molar-refractivity contribution >= 4 is 21.8 Å². The number of halogens is 1. The largest absolute Gasteiger partial charge is 0.452 e. The van der Waals surface area contributed by atoms with Crippen LogP contribution in [0.15, 0.2) is 21.2 Å². The van der Waals surface area contributed by atoms with Crippen LogP contribution in [0.25, 0.3) is 0 Å². The average molecular weight is 285 g/mol. The van der Waals surface area contributed by atoms with Crippen molar-refractivity contribution in [2.75, 3.05) is 20.1 Å². The summed E-state index contributed by atoms with van der Waals surface area (Å²) in [6, 6.07) is 3.62. The van der Waals surface area contributed by atoms with E-state index in [-0.39, 0.29) is 12.5 Å². The van der Waals surface area contributed by atoms with Crippen LogP contribution in [0.1, 0.15) is 5.76 Å². The van der Waals surface area contributed by atoms with Crippen molar-refractivity contribution in [2.45, 2.75) is 6.54 Å². The Morgan fingerprint density at radius 2 is 2.44 bits per heavy atom. The fourth-order valence-corrected chi connectivity index (χ4v) is 1.48. The van der Waals surface area contributed by atoms with E-state index in [1.165, 1.54) is 0 Å². The monoisotopic (exact) mass is 284 g/mol. The number of carbonyl (C=O) groups is 1. The Bertz CT molecular complexity index is 395. The van der Waals surface area contributed by atoms with Gasteiger partial charge in [0.05, 0.1) is 19.6 Å². The second-order valence-electron chi connectivity index (χ2n) is 3.26. The summed E-state index contributed by atoms with van der Waals surface area (Å²) in [6.45, 7) is 1.08. The van der Waals surface area contributed by atoms with Crippen LogP contribution in [0, 0.1) is 12.3 Å². The maximum Gasteiger partial charge on any atom is 0.236 e. The molecule has 0 spiro atoms. The Labute approximate surface area is 103 Å². The van der Waals surface area contributed by atoms with Gasteiger partial charge in [0, 0.05) is 7.05 Å². The molecule has 1 rings (SSSR count). The summed E-state index contributed by atoms with van der Waals surface area (Å²) in [7, 11) is 1.72. The number of amides is 1. The highest BCUT2D eigenvalue weighted by molar-refractivity contribution is 9.10. The van der Waals surface area contributed by atoms with Gasteiger partial charge in [-0.15, -0.1) is 6.42 Å². The van der Waals surface area contributed by atoms with Crippen LogP contribution in [0.2, 0.25) is 0 Å². The van der Waals surface area contributed by atoms with Crippen molar-refractivity contribution in [3.8, 4) is 12.3 Å². The standard InChI is InChI=1S/C11H13BrN2O2/c1-3-6-13-7-11(15)14(2)8-9-4-5-10(12)16-9/h1,4-5,13H,6-8H2,2H3. The lowest BCUT2D eigenvalue weighted by atomic mass is 10.4. The zero-order valence-corrected chi connectivity index (χ0v) is 10.6. The molecule has 0 saturated heterocycles. The highest BCUT2D eigenvalue weighted by Gasteiger charge is 2.10. The van der Waals surface area contributed by atoms with Crippen LogP contribution in [0.3, 0.4) is 0 Å². The smallest absolute Gasteiger partial charge is 0.236 e. The molecule has 0 fully saturated rings. The van der Waals surface area contributed by atoms with Gasteiger partial charge in [-0.25, -0.2) is 0 Å². The average Bonchev–Trinajstić information content (AvgIpc) is 2.64. The van der Waals surface area contributed by atoms with Crippen LogP contribution in [-0.2, 0) is 11.3 Å². The van der Waals surface area contributed by atoms with Crippen molar-refractivity contribution in [3.63, 3.8) is 0 Å². The molecule has 0 aromatic carbocycles. The second kappa shape index (κ2) is 6.36. The number of furan rings is 1. The maximum atomic E-state index is 11.6. The van der Waals surface area contributed by atoms with Crippen LogP contribution in [0.4, 0.5) is 0 Å². The molecule has 4 nitrogen and oxygen atoms in total. The Morgan fingerprint density at radius 1 is 1.69 bits per heavy atom. The van der Waals surface area contributed by atoms with Gasteiger partial charge >= 0.3 is 0 Å². The molecule has 0 saturated carbocycles. The van der Waals surface area contributed by atoms with E-state index >= 15 is 0 Å². The number of likely N-dealkylation sites (N-methyl/N-ethyl adjacent to an activating group) is 1. The zero-order valence-electron chi connectivity index (χ0n) is 9.00. The fourth-order valence-electron chi connectivity index (χ4n) is 1.14. The molecule has 0 aliphatic carbocycles. The van der Waals surface area contributed by atoms with E-state index in [9.17, 15) is 4.79 Å². The SMILES string of the molecule is C#CCNCC(=O)N(C)Cc1ccc(Br)o1. The first-order chi connectivity index (χ1) is 7.63. The van der Waals surface area contributed by atoms with Gasteiger partial charge in [0.25, 0.3) is 0 Å². The van der Waals surface area contributed by atoms with Gasteiger partial charge in [-0.2, -0.15) is 0 Å². The molecule has 1 heterocycles. The van der Waals surface area contributed by atoms with E-state index < -0.39 is 0 Å². The third-order valence-electron chi connectivity index (χ3n) is 1.95. The summed E-state index contributed by atoms with van der Waals surface area (Å²) in [4.78, 5) is 13.1. The summed E-state index contributed by atoms with van der Waals surface area (Å²) in [5.74, 6) is 3.12. The molecule has 0 unspecified atom stereocenters. The molecule has 1 N–H and O–H groups in total. The van der Waals surface area contributed by atoms with Crippen LogP contribution >= 0.6 is 15.9 Å². The second-order valence-corrected chi connectivity index (χ2v) is 4.04. The molecule has 0 radical (unpaired) electrons. The van der Waals surface area contributed by atoms with E-state index in [2.05, 4.69) is 27.2 Å². The Kier molecular flexibility index (Phi) is 5.09. The molecule has 0 aliphatic rings. The molecular weight excluding hydrogens is 272 g/mol. The third-order valence-corrected chi connectivity index (χ3v) is 2.38. The summed E-state index contributed by atoms with van der Waals surface area (Å²) >= 11 is 3.21. The predicted octanol–water partition coefficient (Wildman–Crippen LogP) is 1.22. The summed E-state index contributed by atoms with van der Waals surface area (Å²) in [5, 5.41) is 2.84. The minimum Gasteiger partial charge on any atom is -0.452 e. The molecule has 0 bridgehead atoms. The van der Waals surface area contributed by atoms with E-state index in [0.717, 1.165) is 5.76 Å². The third kappa shape index (κ3) is 4.09. The van der Waals surface area contributed by atoms with Crippen molar-refractivity contribution < 1.29 is 9.21 Å². The highest BCUT2D eigenvalue weighted by atomic mass is 79.9. The van der Waals surface area contributed by atoms with Crippen LogP contribution in [0.5, 0.6) is 0 Å². The van der Waals surface area contributed by atoms with Crippen LogP contribution < -0.4 is 5.32 Å². The van der Waals surface area contributed by atoms with Gasteiger partial charge in [-0.3, -0.25) is 10.1 Å². The lowest BCUT2D eigenvalue weighted by molar-refractivity contribution is -0.129. The maximum absolute atomic E-state index is 11.6. The molecule has 1 aromatic heterocycles. The number of rotatable bonds is 5. The minimum absolute atomic E-state index is 0.0252. The summed E-state index contributed by atoms with van der Waals surface area (Å²) in [5.41, 5.74) is 0. The topological polar surface area (TPSA) is 45.5 Å². The molecule has 0 atom stereocenters. The van der Waals surface area contributed by atoms with Gasteiger partial charge in [0.2, 0.25) is 5.91 Å². The van der Waals surface area contributed by atoms with E-state index in [0.29, 0.717) is 17.8 Å². The molecular formula is C11H13BrN2O2. The Morgan fingerprint density at radius 3 is 3.00 bits per heavy atom. The zero-order chi connectivity index (χ0) is 12.0. The number of hydrogen-bond donors (Lipinski definition) is 1. The molecule has 16 heavy (non-hydrogen) atoms. The normalized spacial score (nSPS) is 9.81. The number of nitrogens with one attached hydrogen (secondary N) is 1. The molecule has 0 aliphatic heterocycles. The highest BCUT2D eigenvalue weighted by Crippen LogP contribution is 2.15. The predicted molar refractivity (Wildman–Crippen MR) is 64.6 cm³/mol. The van der Waals surface area contributed by atoms with E-state index in [4.69, 9.17) is 10.8 Å². The lowest BCUT2D eigenvalue weighted by Gasteiger charge is -2.15. The summed E-state index contributed by atoms with van der Waals surface area (Å²) in [6.07, 6.45) is 5.06. The quantitative estimate of drug-likeness (QED) is 0.653. The minimum atomic E-state index is -0.0252. The van der Waals surface area contributed by atoms with Gasteiger partial charge in [0.1, 0.15) is 5.76 Å². The number of nitrogens with zero attached hydrogens (tertiary/aromatic N) is 1. The van der Waals surface area contributed by atoms with E-state index in [1.54, 1.807) is 18.0 Å². The van der Waals surface area contributed by atoms with Crippen molar-refractivity contribution in [1.29, 1.82) is 0 Å². The van der Waals surface area contributed by atoms with Crippen molar-refractivity contribution in [1.82, 2.24) is 10.2 Å². The van der Waals surface area contributed by atoms with Gasteiger partial charge in [0.15, 0.2) is 4.67 Å². The number of terminal acetylenes is 1. The molecule has 1 aromatic rings. The van der Waals surface area contributed by atoms with Crippen LogP contribution in [-0.4, -0.2) is 30.9 Å². The number of hydrogen-bond acceptors (Lipinski definition) is 3. The molecule has 5 heteroatoms. The molecule has 86 valence electrons. The number of carbonyl (C=O) groups excluding carboxylic acids is 1. The Hall–Kier alpha value is -1.25.